The highest BCUT2D eigenvalue weighted by Crippen LogP contribution is 2.27. The largest absolute Gasteiger partial charge is 0.478 e. The molecule has 0 aromatic heterocycles. The van der Waals surface area contributed by atoms with E-state index in [9.17, 15) is 9.59 Å². The molecule has 2 rings (SSSR count). The van der Waals surface area contributed by atoms with E-state index >= 15 is 0 Å². The molecule has 0 heterocycles. The highest BCUT2D eigenvalue weighted by Gasteiger charge is 2.30. The van der Waals surface area contributed by atoms with Gasteiger partial charge in [0.05, 0.1) is 5.56 Å². The molecule has 1 aromatic rings. The minimum absolute atomic E-state index is 0.206. The van der Waals surface area contributed by atoms with E-state index in [1.54, 1.807) is 24.3 Å². The summed E-state index contributed by atoms with van der Waals surface area (Å²) in [6, 6.07) is 7.44. The van der Waals surface area contributed by atoms with Gasteiger partial charge >= 0.3 is 5.97 Å². The van der Waals surface area contributed by atoms with Gasteiger partial charge in [-0.15, -0.1) is 0 Å². The van der Waals surface area contributed by atoms with Crippen molar-refractivity contribution in [2.24, 2.45) is 0 Å². The quantitative estimate of drug-likeness (QED) is 0.875. The van der Waals surface area contributed by atoms with Gasteiger partial charge in [0, 0.05) is 18.5 Å². The van der Waals surface area contributed by atoms with Gasteiger partial charge in [0.25, 0.3) is 0 Å². The molecule has 0 spiro atoms. The molecule has 4 heteroatoms. The van der Waals surface area contributed by atoms with Gasteiger partial charge < -0.3 is 10.0 Å². The first-order valence-electron chi connectivity index (χ1n) is 7.62. The molecule has 0 atom stereocenters. The third-order valence-corrected chi connectivity index (χ3v) is 4.14. The van der Waals surface area contributed by atoms with Crippen molar-refractivity contribution in [2.45, 2.75) is 58.0 Å². The molecule has 1 aromatic carbocycles. The molecule has 1 amide bonds. The zero-order valence-corrected chi connectivity index (χ0v) is 12.7. The molecule has 1 fully saturated rings. The monoisotopic (exact) mass is 289 g/mol. The summed E-state index contributed by atoms with van der Waals surface area (Å²) in [5.41, 5.74) is 1.29. The Hall–Kier alpha value is -1.84. The fourth-order valence-electron chi connectivity index (χ4n) is 2.77. The molecular weight excluding hydrogens is 266 g/mol. The molecule has 1 N–H and O–H groups in total. The number of amides is 1. The van der Waals surface area contributed by atoms with Crippen LogP contribution in [0.3, 0.4) is 0 Å². The SMILES string of the molecule is CC(C)N(C(=O)CCc1ccc(C(=O)O)cc1)C1CCC1. The summed E-state index contributed by atoms with van der Waals surface area (Å²) in [6.07, 6.45) is 4.61. The molecule has 0 radical (unpaired) electrons. The number of carboxylic acid groups (broad SMARTS) is 1. The number of carbonyl (C=O) groups is 2. The van der Waals surface area contributed by atoms with E-state index in [4.69, 9.17) is 5.11 Å². The van der Waals surface area contributed by atoms with Crippen LogP contribution in [0.5, 0.6) is 0 Å². The molecule has 0 aliphatic heterocycles. The Bertz CT molecular complexity index is 503. The second kappa shape index (κ2) is 6.74. The fraction of sp³-hybridized carbons (Fsp3) is 0.529. The van der Waals surface area contributed by atoms with Crippen LogP contribution in [0.2, 0.25) is 0 Å². The topological polar surface area (TPSA) is 57.6 Å². The molecule has 0 unspecified atom stereocenters. The minimum atomic E-state index is -0.923. The predicted molar refractivity (Wildman–Crippen MR) is 81.3 cm³/mol. The smallest absolute Gasteiger partial charge is 0.335 e. The average molecular weight is 289 g/mol. The van der Waals surface area contributed by atoms with Crippen molar-refractivity contribution in [1.29, 1.82) is 0 Å². The number of benzene rings is 1. The number of nitrogens with zero attached hydrogens (tertiary/aromatic N) is 1. The maximum atomic E-state index is 12.4. The normalized spacial score (nSPS) is 14.8. The van der Waals surface area contributed by atoms with E-state index in [-0.39, 0.29) is 17.5 Å². The van der Waals surface area contributed by atoms with Crippen molar-refractivity contribution in [1.82, 2.24) is 4.90 Å². The Morgan fingerprint density at radius 1 is 1.24 bits per heavy atom. The van der Waals surface area contributed by atoms with Gasteiger partial charge in [-0.3, -0.25) is 4.79 Å². The van der Waals surface area contributed by atoms with Gasteiger partial charge in [0.15, 0.2) is 0 Å². The molecule has 1 aliphatic rings. The minimum Gasteiger partial charge on any atom is -0.478 e. The van der Waals surface area contributed by atoms with Crippen molar-refractivity contribution < 1.29 is 14.7 Å². The first-order valence-corrected chi connectivity index (χ1v) is 7.62. The third kappa shape index (κ3) is 3.84. The van der Waals surface area contributed by atoms with E-state index in [1.165, 1.54) is 6.42 Å². The molecule has 114 valence electrons. The van der Waals surface area contributed by atoms with Gasteiger partial charge in [-0.25, -0.2) is 4.79 Å². The van der Waals surface area contributed by atoms with Gasteiger partial charge in [0.1, 0.15) is 0 Å². The van der Waals surface area contributed by atoms with Crippen molar-refractivity contribution in [3.05, 3.63) is 35.4 Å². The molecule has 0 saturated heterocycles. The van der Waals surface area contributed by atoms with Crippen LogP contribution in [0.4, 0.5) is 0 Å². The number of aryl methyl sites for hydroxylation is 1. The van der Waals surface area contributed by atoms with Gasteiger partial charge in [-0.2, -0.15) is 0 Å². The maximum Gasteiger partial charge on any atom is 0.335 e. The lowest BCUT2D eigenvalue weighted by molar-refractivity contribution is -0.137. The van der Waals surface area contributed by atoms with E-state index in [0.29, 0.717) is 18.9 Å². The van der Waals surface area contributed by atoms with Gasteiger partial charge in [-0.05, 0) is 57.2 Å². The highest BCUT2D eigenvalue weighted by atomic mass is 16.4. The van der Waals surface area contributed by atoms with E-state index in [2.05, 4.69) is 13.8 Å². The summed E-state index contributed by atoms with van der Waals surface area (Å²) in [5.74, 6) is -0.717. The zero-order valence-electron chi connectivity index (χ0n) is 12.7. The second-order valence-electron chi connectivity index (χ2n) is 5.98. The Balaban J connectivity index is 1.91. The summed E-state index contributed by atoms with van der Waals surface area (Å²) in [5, 5.41) is 8.86. The van der Waals surface area contributed by atoms with Crippen molar-refractivity contribution in [3.8, 4) is 0 Å². The lowest BCUT2D eigenvalue weighted by atomic mass is 9.90. The van der Waals surface area contributed by atoms with Crippen LogP contribution in [-0.2, 0) is 11.2 Å². The first-order chi connectivity index (χ1) is 9.99. The molecular formula is C17H23NO3. The molecule has 0 bridgehead atoms. The number of carbonyl (C=O) groups excluding carboxylic acids is 1. The number of rotatable bonds is 6. The molecule has 21 heavy (non-hydrogen) atoms. The van der Waals surface area contributed by atoms with Crippen LogP contribution in [0.25, 0.3) is 0 Å². The first kappa shape index (κ1) is 15.5. The Kier molecular flexibility index (Phi) is 4.99. The van der Waals surface area contributed by atoms with Crippen LogP contribution in [-0.4, -0.2) is 34.0 Å². The summed E-state index contributed by atoms with van der Waals surface area (Å²) in [7, 11) is 0. The predicted octanol–water partition coefficient (Wildman–Crippen LogP) is 3.11. The van der Waals surface area contributed by atoms with Gasteiger partial charge in [0.2, 0.25) is 5.91 Å². The number of aromatic carboxylic acids is 1. The highest BCUT2D eigenvalue weighted by molar-refractivity contribution is 5.87. The van der Waals surface area contributed by atoms with Crippen molar-refractivity contribution >= 4 is 11.9 Å². The van der Waals surface area contributed by atoms with Crippen molar-refractivity contribution in [2.75, 3.05) is 0 Å². The van der Waals surface area contributed by atoms with Crippen LogP contribution < -0.4 is 0 Å². The lowest BCUT2D eigenvalue weighted by Crippen LogP contribution is -2.48. The average Bonchev–Trinajstić information content (AvgIpc) is 2.40. The second-order valence-corrected chi connectivity index (χ2v) is 5.98. The maximum absolute atomic E-state index is 12.4. The number of hydrogen-bond donors (Lipinski definition) is 1. The Morgan fingerprint density at radius 3 is 2.29 bits per heavy atom. The Labute approximate surface area is 125 Å². The van der Waals surface area contributed by atoms with Crippen LogP contribution >= 0.6 is 0 Å². The van der Waals surface area contributed by atoms with Crippen LogP contribution in [0, 0.1) is 0 Å². The summed E-state index contributed by atoms with van der Waals surface area (Å²) in [6.45, 7) is 4.13. The standard InChI is InChI=1S/C17H23NO3/c1-12(2)18(15-4-3-5-15)16(19)11-8-13-6-9-14(10-7-13)17(20)21/h6-7,9-10,12,15H,3-5,8,11H2,1-2H3,(H,20,21). The lowest BCUT2D eigenvalue weighted by Gasteiger charge is -2.40. The fourth-order valence-corrected chi connectivity index (χ4v) is 2.77. The molecule has 1 saturated carbocycles. The zero-order chi connectivity index (χ0) is 15.4. The van der Waals surface area contributed by atoms with E-state index in [0.717, 1.165) is 18.4 Å². The van der Waals surface area contributed by atoms with E-state index < -0.39 is 5.97 Å². The number of carboxylic acids is 1. The van der Waals surface area contributed by atoms with Crippen LogP contribution in [0.15, 0.2) is 24.3 Å². The van der Waals surface area contributed by atoms with Crippen LogP contribution in [0.1, 0.15) is 55.5 Å². The van der Waals surface area contributed by atoms with E-state index in [1.807, 2.05) is 4.90 Å². The summed E-state index contributed by atoms with van der Waals surface area (Å²) >= 11 is 0. The Morgan fingerprint density at radius 2 is 1.86 bits per heavy atom. The summed E-state index contributed by atoms with van der Waals surface area (Å²) in [4.78, 5) is 25.2. The summed E-state index contributed by atoms with van der Waals surface area (Å²) < 4.78 is 0. The molecule has 4 nitrogen and oxygen atoms in total. The third-order valence-electron chi connectivity index (χ3n) is 4.14. The van der Waals surface area contributed by atoms with Crippen molar-refractivity contribution in [3.63, 3.8) is 0 Å². The number of hydrogen-bond acceptors (Lipinski definition) is 2. The van der Waals surface area contributed by atoms with Gasteiger partial charge in [-0.1, -0.05) is 12.1 Å². The molecule has 1 aliphatic carbocycles.